The van der Waals surface area contributed by atoms with E-state index in [1.807, 2.05) is 6.26 Å². The second kappa shape index (κ2) is 6.08. The second-order valence-corrected chi connectivity index (χ2v) is 4.25. The van der Waals surface area contributed by atoms with Crippen LogP contribution in [0.1, 0.15) is 18.0 Å². The molecule has 0 aromatic heterocycles. The summed E-state index contributed by atoms with van der Waals surface area (Å²) in [6.45, 7) is 0. The van der Waals surface area contributed by atoms with Crippen LogP contribution in [0.2, 0.25) is 0 Å². The second-order valence-electron chi connectivity index (χ2n) is 3.27. The molecule has 0 bridgehead atoms. The van der Waals surface area contributed by atoms with Crippen LogP contribution in [0.3, 0.4) is 0 Å². The van der Waals surface area contributed by atoms with Gasteiger partial charge in [-0.1, -0.05) is 12.1 Å². The monoisotopic (exact) mass is 231 g/mol. The number of rotatable bonds is 5. The summed E-state index contributed by atoms with van der Waals surface area (Å²) >= 11 is 1.69. The van der Waals surface area contributed by atoms with Gasteiger partial charge in [0.25, 0.3) is 0 Å². The van der Waals surface area contributed by atoms with Crippen molar-refractivity contribution in [3.05, 3.63) is 35.4 Å². The third-order valence-electron chi connectivity index (χ3n) is 2.32. The van der Waals surface area contributed by atoms with Gasteiger partial charge in [0.1, 0.15) is 0 Å². The number of halogens is 2. The topological polar surface area (TPSA) is 12.0 Å². The van der Waals surface area contributed by atoms with Gasteiger partial charge in [0.05, 0.1) is 0 Å². The molecule has 4 heteroatoms. The lowest BCUT2D eigenvalue weighted by Gasteiger charge is -2.16. The molecule has 1 unspecified atom stereocenters. The van der Waals surface area contributed by atoms with Crippen molar-refractivity contribution < 1.29 is 8.78 Å². The summed E-state index contributed by atoms with van der Waals surface area (Å²) in [7, 11) is 1.76. The third kappa shape index (κ3) is 3.18. The van der Waals surface area contributed by atoms with Crippen LogP contribution < -0.4 is 5.32 Å². The van der Waals surface area contributed by atoms with Gasteiger partial charge >= 0.3 is 0 Å². The predicted molar refractivity (Wildman–Crippen MR) is 61.2 cm³/mol. The van der Waals surface area contributed by atoms with Crippen molar-refractivity contribution >= 4 is 11.8 Å². The molecule has 0 saturated heterocycles. The molecule has 84 valence electrons. The van der Waals surface area contributed by atoms with Crippen molar-refractivity contribution in [2.24, 2.45) is 0 Å². The Morgan fingerprint density at radius 1 is 1.40 bits per heavy atom. The van der Waals surface area contributed by atoms with Crippen LogP contribution in [-0.2, 0) is 0 Å². The minimum atomic E-state index is -0.781. The van der Waals surface area contributed by atoms with Gasteiger partial charge < -0.3 is 5.32 Å². The fourth-order valence-electron chi connectivity index (χ4n) is 1.48. The first kappa shape index (κ1) is 12.5. The highest BCUT2D eigenvalue weighted by molar-refractivity contribution is 7.98. The van der Waals surface area contributed by atoms with Gasteiger partial charge in [-0.05, 0) is 31.5 Å². The van der Waals surface area contributed by atoms with Gasteiger partial charge in [0, 0.05) is 11.6 Å². The smallest absolute Gasteiger partial charge is 0.163 e. The van der Waals surface area contributed by atoms with E-state index in [2.05, 4.69) is 5.32 Å². The van der Waals surface area contributed by atoms with Crippen molar-refractivity contribution in [3.8, 4) is 0 Å². The molecule has 15 heavy (non-hydrogen) atoms. The summed E-state index contributed by atoms with van der Waals surface area (Å²) in [6.07, 6.45) is 2.78. The van der Waals surface area contributed by atoms with Crippen molar-refractivity contribution in [1.29, 1.82) is 0 Å². The van der Waals surface area contributed by atoms with E-state index in [0.717, 1.165) is 18.2 Å². The Hall–Kier alpha value is -0.610. The molecule has 0 heterocycles. The van der Waals surface area contributed by atoms with Gasteiger partial charge in [0.15, 0.2) is 11.6 Å². The molecule has 1 atom stereocenters. The SMILES string of the molecule is CNC(CCSC)c1cccc(F)c1F. The molecular weight excluding hydrogens is 216 g/mol. The van der Waals surface area contributed by atoms with E-state index in [0.29, 0.717) is 5.56 Å². The molecule has 1 nitrogen and oxygen atoms in total. The predicted octanol–water partition coefficient (Wildman–Crippen LogP) is 2.98. The van der Waals surface area contributed by atoms with Gasteiger partial charge in [-0.25, -0.2) is 8.78 Å². The summed E-state index contributed by atoms with van der Waals surface area (Å²) in [5, 5.41) is 3.00. The first-order valence-corrected chi connectivity index (χ1v) is 6.20. The molecule has 0 aliphatic rings. The molecule has 1 rings (SSSR count). The molecule has 0 spiro atoms. The Labute approximate surface area is 93.3 Å². The summed E-state index contributed by atoms with van der Waals surface area (Å²) in [5.74, 6) is -0.601. The molecule has 0 amide bonds. The van der Waals surface area contributed by atoms with Crippen molar-refractivity contribution in [2.45, 2.75) is 12.5 Å². The van der Waals surface area contributed by atoms with E-state index in [1.54, 1.807) is 24.9 Å². The molecule has 0 fully saturated rings. The first-order valence-electron chi connectivity index (χ1n) is 4.80. The van der Waals surface area contributed by atoms with Gasteiger partial charge in [0.2, 0.25) is 0 Å². The molecule has 1 aromatic rings. The molecular formula is C11H15F2NS. The zero-order chi connectivity index (χ0) is 11.3. The fraction of sp³-hybridized carbons (Fsp3) is 0.455. The number of benzene rings is 1. The zero-order valence-electron chi connectivity index (χ0n) is 8.89. The van der Waals surface area contributed by atoms with E-state index in [4.69, 9.17) is 0 Å². The van der Waals surface area contributed by atoms with E-state index in [-0.39, 0.29) is 6.04 Å². The third-order valence-corrected chi connectivity index (χ3v) is 2.96. The quantitative estimate of drug-likeness (QED) is 0.836. The molecule has 0 radical (unpaired) electrons. The zero-order valence-corrected chi connectivity index (χ0v) is 9.70. The first-order chi connectivity index (χ1) is 7.20. The van der Waals surface area contributed by atoms with E-state index in [9.17, 15) is 8.78 Å². The molecule has 0 aliphatic heterocycles. The molecule has 0 aliphatic carbocycles. The maximum Gasteiger partial charge on any atom is 0.163 e. The van der Waals surface area contributed by atoms with Crippen molar-refractivity contribution in [1.82, 2.24) is 5.32 Å². The lowest BCUT2D eigenvalue weighted by molar-refractivity contribution is 0.471. The van der Waals surface area contributed by atoms with Crippen molar-refractivity contribution in [2.75, 3.05) is 19.1 Å². The minimum Gasteiger partial charge on any atom is -0.313 e. The summed E-state index contributed by atoms with van der Waals surface area (Å²) in [4.78, 5) is 0. The summed E-state index contributed by atoms with van der Waals surface area (Å²) < 4.78 is 26.4. The Kier molecular flexibility index (Phi) is 5.05. The van der Waals surface area contributed by atoms with Gasteiger partial charge in [-0.2, -0.15) is 11.8 Å². The lowest BCUT2D eigenvalue weighted by atomic mass is 10.0. The minimum absolute atomic E-state index is 0.117. The maximum atomic E-state index is 13.4. The van der Waals surface area contributed by atoms with Gasteiger partial charge in [-0.15, -0.1) is 0 Å². The largest absolute Gasteiger partial charge is 0.313 e. The molecule has 1 aromatic carbocycles. The number of nitrogens with one attached hydrogen (secondary N) is 1. The molecule has 1 N–H and O–H groups in total. The van der Waals surface area contributed by atoms with Crippen LogP contribution in [0.25, 0.3) is 0 Å². The van der Waals surface area contributed by atoms with Crippen LogP contribution in [0.15, 0.2) is 18.2 Å². The Balaban J connectivity index is 2.86. The highest BCUT2D eigenvalue weighted by atomic mass is 32.2. The Morgan fingerprint density at radius 3 is 2.73 bits per heavy atom. The average molecular weight is 231 g/mol. The van der Waals surface area contributed by atoms with Crippen LogP contribution in [-0.4, -0.2) is 19.1 Å². The Morgan fingerprint density at radius 2 is 2.13 bits per heavy atom. The normalized spacial score (nSPS) is 12.8. The van der Waals surface area contributed by atoms with E-state index < -0.39 is 11.6 Å². The highest BCUT2D eigenvalue weighted by Crippen LogP contribution is 2.22. The van der Waals surface area contributed by atoms with Crippen LogP contribution in [0, 0.1) is 11.6 Å². The van der Waals surface area contributed by atoms with E-state index >= 15 is 0 Å². The lowest BCUT2D eigenvalue weighted by Crippen LogP contribution is -2.18. The number of hydrogen-bond acceptors (Lipinski definition) is 2. The number of thioether (sulfide) groups is 1. The van der Waals surface area contributed by atoms with Crippen LogP contribution >= 0.6 is 11.8 Å². The average Bonchev–Trinajstić information content (AvgIpc) is 2.25. The van der Waals surface area contributed by atoms with Crippen LogP contribution in [0.4, 0.5) is 8.78 Å². The van der Waals surface area contributed by atoms with Crippen LogP contribution in [0.5, 0.6) is 0 Å². The summed E-state index contributed by atoms with van der Waals surface area (Å²) in [5.41, 5.74) is 0.409. The highest BCUT2D eigenvalue weighted by Gasteiger charge is 2.15. The van der Waals surface area contributed by atoms with Gasteiger partial charge in [-0.3, -0.25) is 0 Å². The number of hydrogen-bond donors (Lipinski definition) is 1. The standard InChI is InChI=1S/C11H15F2NS/c1-14-10(6-7-15-2)8-4-3-5-9(12)11(8)13/h3-5,10,14H,6-7H2,1-2H3. The Bertz CT molecular complexity index is 317. The maximum absolute atomic E-state index is 13.4. The fourth-order valence-corrected chi connectivity index (χ4v) is 1.95. The molecule has 0 saturated carbocycles. The summed E-state index contributed by atoms with van der Waals surface area (Å²) in [6, 6.07) is 4.19. The van der Waals surface area contributed by atoms with E-state index in [1.165, 1.54) is 6.07 Å². The van der Waals surface area contributed by atoms with Crippen molar-refractivity contribution in [3.63, 3.8) is 0 Å².